The van der Waals surface area contributed by atoms with Gasteiger partial charge >= 0.3 is 0 Å². The minimum absolute atomic E-state index is 0.370. The minimum Gasteiger partial charge on any atom is -0.327 e. The molecule has 1 fully saturated rings. The van der Waals surface area contributed by atoms with Gasteiger partial charge < -0.3 is 5.73 Å². The van der Waals surface area contributed by atoms with Crippen LogP contribution in [0.15, 0.2) is 28.7 Å². The Balaban J connectivity index is 1.93. The van der Waals surface area contributed by atoms with Crippen molar-refractivity contribution >= 4 is 15.9 Å². The molecule has 0 aromatic heterocycles. The Morgan fingerprint density at radius 3 is 2.73 bits per heavy atom. The average Bonchev–Trinajstić information content (AvgIpc) is 2.22. The molecule has 0 aliphatic carbocycles. The van der Waals surface area contributed by atoms with Gasteiger partial charge in [0.15, 0.2) is 0 Å². The van der Waals surface area contributed by atoms with E-state index in [1.165, 1.54) is 24.9 Å². The molecule has 0 spiro atoms. The van der Waals surface area contributed by atoms with E-state index in [1.807, 2.05) is 0 Å². The Hall–Kier alpha value is -0.380. The minimum atomic E-state index is 0.370. The number of halogens is 1. The first-order chi connectivity index (χ1) is 7.24. The van der Waals surface area contributed by atoms with E-state index in [0.29, 0.717) is 6.04 Å². The maximum atomic E-state index is 5.95. The van der Waals surface area contributed by atoms with Crippen LogP contribution in [-0.4, -0.2) is 24.0 Å². The lowest BCUT2D eigenvalue weighted by molar-refractivity contribution is 0.201. The van der Waals surface area contributed by atoms with Crippen LogP contribution in [0.25, 0.3) is 0 Å². The van der Waals surface area contributed by atoms with Crippen LogP contribution in [0.3, 0.4) is 0 Å². The number of hydrogen-bond donors (Lipinski definition) is 1. The van der Waals surface area contributed by atoms with Gasteiger partial charge in [0.05, 0.1) is 0 Å². The van der Waals surface area contributed by atoms with Crippen LogP contribution in [0.1, 0.15) is 18.4 Å². The van der Waals surface area contributed by atoms with Gasteiger partial charge in [-0.05, 0) is 37.1 Å². The van der Waals surface area contributed by atoms with Crippen LogP contribution in [0.5, 0.6) is 0 Å². The van der Waals surface area contributed by atoms with Gasteiger partial charge in [-0.2, -0.15) is 0 Å². The van der Waals surface area contributed by atoms with Crippen LogP contribution in [-0.2, 0) is 6.54 Å². The molecule has 1 aromatic rings. The molecular weight excluding hydrogens is 252 g/mol. The second kappa shape index (κ2) is 5.10. The molecular formula is C12H17BrN2. The zero-order valence-corrected chi connectivity index (χ0v) is 10.4. The van der Waals surface area contributed by atoms with E-state index in [2.05, 4.69) is 45.1 Å². The van der Waals surface area contributed by atoms with Gasteiger partial charge in [-0.1, -0.05) is 28.1 Å². The molecule has 0 bridgehead atoms. The van der Waals surface area contributed by atoms with Crippen molar-refractivity contribution in [2.75, 3.05) is 13.1 Å². The summed E-state index contributed by atoms with van der Waals surface area (Å²) < 4.78 is 1.14. The average molecular weight is 269 g/mol. The summed E-state index contributed by atoms with van der Waals surface area (Å²) >= 11 is 3.45. The number of nitrogens with two attached hydrogens (primary N) is 1. The molecule has 0 radical (unpaired) electrons. The van der Waals surface area contributed by atoms with Gasteiger partial charge in [0.25, 0.3) is 0 Å². The summed E-state index contributed by atoms with van der Waals surface area (Å²) in [4.78, 5) is 2.44. The van der Waals surface area contributed by atoms with Crippen molar-refractivity contribution < 1.29 is 0 Å². The summed E-state index contributed by atoms with van der Waals surface area (Å²) in [5.41, 5.74) is 7.32. The molecule has 1 aromatic carbocycles. The zero-order valence-electron chi connectivity index (χ0n) is 8.82. The predicted molar refractivity (Wildman–Crippen MR) is 66.6 cm³/mol. The molecule has 15 heavy (non-hydrogen) atoms. The highest BCUT2D eigenvalue weighted by Gasteiger charge is 2.16. The van der Waals surface area contributed by atoms with Gasteiger partial charge in [-0.25, -0.2) is 0 Å². The van der Waals surface area contributed by atoms with Crippen molar-refractivity contribution in [3.63, 3.8) is 0 Å². The van der Waals surface area contributed by atoms with Crippen LogP contribution < -0.4 is 5.73 Å². The van der Waals surface area contributed by atoms with Crippen LogP contribution >= 0.6 is 15.9 Å². The molecule has 0 amide bonds. The molecule has 1 heterocycles. The van der Waals surface area contributed by atoms with E-state index in [1.54, 1.807) is 0 Å². The molecule has 1 unspecified atom stereocenters. The van der Waals surface area contributed by atoms with Gasteiger partial charge in [0.1, 0.15) is 0 Å². The Morgan fingerprint density at radius 1 is 1.33 bits per heavy atom. The Morgan fingerprint density at radius 2 is 2.07 bits per heavy atom. The first-order valence-electron chi connectivity index (χ1n) is 5.46. The number of likely N-dealkylation sites (tertiary alicyclic amines) is 1. The number of hydrogen-bond acceptors (Lipinski definition) is 2. The monoisotopic (exact) mass is 268 g/mol. The van der Waals surface area contributed by atoms with Crippen molar-refractivity contribution in [3.05, 3.63) is 34.3 Å². The lowest BCUT2D eigenvalue weighted by Crippen LogP contribution is -2.42. The third-order valence-electron chi connectivity index (χ3n) is 2.86. The van der Waals surface area contributed by atoms with Gasteiger partial charge in [0, 0.05) is 23.6 Å². The predicted octanol–water partition coefficient (Wildman–Crippen LogP) is 2.37. The molecule has 1 atom stereocenters. The van der Waals surface area contributed by atoms with Gasteiger partial charge in [0.2, 0.25) is 0 Å². The molecule has 82 valence electrons. The van der Waals surface area contributed by atoms with E-state index in [9.17, 15) is 0 Å². The van der Waals surface area contributed by atoms with Crippen molar-refractivity contribution in [2.24, 2.45) is 5.73 Å². The second-order valence-electron chi connectivity index (χ2n) is 4.26. The normalized spacial score (nSPS) is 22.9. The standard InChI is InChI=1S/C12H17BrN2/c13-11-5-3-10(4-6-11)8-15-7-1-2-12(14)9-15/h3-6,12H,1-2,7-9,14H2. The SMILES string of the molecule is NC1CCCN(Cc2ccc(Br)cc2)C1. The lowest BCUT2D eigenvalue weighted by atomic mass is 10.1. The summed E-state index contributed by atoms with van der Waals surface area (Å²) in [6.07, 6.45) is 2.41. The summed E-state index contributed by atoms with van der Waals surface area (Å²) in [5, 5.41) is 0. The quantitative estimate of drug-likeness (QED) is 0.893. The van der Waals surface area contributed by atoms with Crippen molar-refractivity contribution in [1.82, 2.24) is 4.90 Å². The molecule has 3 heteroatoms. The van der Waals surface area contributed by atoms with Gasteiger partial charge in [-0.15, -0.1) is 0 Å². The maximum absolute atomic E-state index is 5.95. The molecule has 2 rings (SSSR count). The maximum Gasteiger partial charge on any atom is 0.0234 e. The van der Waals surface area contributed by atoms with Crippen LogP contribution in [0, 0.1) is 0 Å². The summed E-state index contributed by atoms with van der Waals surface area (Å²) in [6, 6.07) is 8.90. The highest BCUT2D eigenvalue weighted by Crippen LogP contribution is 2.15. The second-order valence-corrected chi connectivity index (χ2v) is 5.18. The van der Waals surface area contributed by atoms with E-state index in [0.717, 1.165) is 17.6 Å². The third kappa shape index (κ3) is 3.30. The van der Waals surface area contributed by atoms with Crippen LogP contribution in [0.2, 0.25) is 0 Å². The summed E-state index contributed by atoms with van der Waals surface area (Å²) in [6.45, 7) is 3.25. The summed E-state index contributed by atoms with van der Waals surface area (Å²) in [5.74, 6) is 0. The van der Waals surface area contributed by atoms with E-state index >= 15 is 0 Å². The highest BCUT2D eigenvalue weighted by atomic mass is 79.9. The van der Waals surface area contributed by atoms with Crippen molar-refractivity contribution in [1.29, 1.82) is 0 Å². The molecule has 1 aliphatic rings. The fourth-order valence-electron chi connectivity index (χ4n) is 2.08. The number of piperidine rings is 1. The van der Waals surface area contributed by atoms with Gasteiger partial charge in [-0.3, -0.25) is 4.90 Å². The van der Waals surface area contributed by atoms with Crippen molar-refractivity contribution in [2.45, 2.75) is 25.4 Å². The fourth-order valence-corrected chi connectivity index (χ4v) is 2.35. The number of rotatable bonds is 2. The third-order valence-corrected chi connectivity index (χ3v) is 3.39. The number of nitrogens with zero attached hydrogens (tertiary/aromatic N) is 1. The summed E-state index contributed by atoms with van der Waals surface area (Å²) in [7, 11) is 0. The molecule has 2 N–H and O–H groups in total. The Labute approximate surface area is 99.6 Å². The molecule has 2 nitrogen and oxygen atoms in total. The smallest absolute Gasteiger partial charge is 0.0234 e. The number of benzene rings is 1. The molecule has 0 saturated carbocycles. The van der Waals surface area contributed by atoms with E-state index in [-0.39, 0.29) is 0 Å². The van der Waals surface area contributed by atoms with Crippen molar-refractivity contribution in [3.8, 4) is 0 Å². The zero-order chi connectivity index (χ0) is 10.7. The molecule has 1 saturated heterocycles. The molecule has 1 aliphatic heterocycles. The van der Waals surface area contributed by atoms with E-state index in [4.69, 9.17) is 5.73 Å². The topological polar surface area (TPSA) is 29.3 Å². The Kier molecular flexibility index (Phi) is 3.78. The first-order valence-corrected chi connectivity index (χ1v) is 6.26. The largest absolute Gasteiger partial charge is 0.327 e. The first kappa shape index (κ1) is 11.1. The lowest BCUT2D eigenvalue weighted by Gasteiger charge is -2.30. The highest BCUT2D eigenvalue weighted by molar-refractivity contribution is 9.10. The Bertz CT molecular complexity index is 310. The van der Waals surface area contributed by atoms with E-state index < -0.39 is 0 Å². The van der Waals surface area contributed by atoms with Crippen LogP contribution in [0.4, 0.5) is 0 Å². The fraction of sp³-hybridized carbons (Fsp3) is 0.500.